The number of carbonyl (C=O) groups excluding carboxylic acids is 2. The Kier molecular flexibility index (Phi) is 5.08. The smallest absolute Gasteiger partial charge is 0.293 e. The number of amides is 2. The highest BCUT2D eigenvalue weighted by Crippen LogP contribution is 2.37. The number of phenolic OH excluding ortho intramolecular Hbond substituents is 1. The zero-order valence-corrected chi connectivity index (χ0v) is 15.5. The lowest BCUT2D eigenvalue weighted by Gasteiger charge is -2.12. The highest BCUT2D eigenvalue weighted by Gasteiger charge is 2.35. The first kappa shape index (κ1) is 17.9. The Bertz CT molecular complexity index is 911. The molecular weight excluding hydrogens is 381 g/mol. The van der Waals surface area contributed by atoms with Crippen LogP contribution in [0.15, 0.2) is 41.3 Å². The molecule has 2 amide bonds. The number of imide groups is 1. The summed E-state index contributed by atoms with van der Waals surface area (Å²) in [4.78, 5) is 26.2. The SMILES string of the molecule is Cc1cccc(CN2C(=O)S/C(=C\c3cc(Cl)cc(Cl)c3O)C2=O)c1. The van der Waals surface area contributed by atoms with Crippen LogP contribution in [0, 0.1) is 6.92 Å². The standard InChI is InChI=1S/C18H13Cl2NO3S/c1-10-3-2-4-11(5-10)9-21-17(23)15(25-18(21)24)7-12-6-13(19)8-14(20)16(12)22/h2-8,22H,9H2,1H3/b15-7-. The van der Waals surface area contributed by atoms with E-state index < -0.39 is 5.91 Å². The number of nitrogens with zero attached hydrogens (tertiary/aromatic N) is 1. The van der Waals surface area contributed by atoms with Gasteiger partial charge in [0.2, 0.25) is 0 Å². The van der Waals surface area contributed by atoms with Crippen LogP contribution in [0.3, 0.4) is 0 Å². The van der Waals surface area contributed by atoms with Gasteiger partial charge in [0, 0.05) is 10.6 Å². The lowest BCUT2D eigenvalue weighted by molar-refractivity contribution is -0.123. The van der Waals surface area contributed by atoms with E-state index in [2.05, 4.69) is 0 Å². The molecule has 128 valence electrons. The number of thioether (sulfide) groups is 1. The van der Waals surface area contributed by atoms with Crippen LogP contribution < -0.4 is 0 Å². The van der Waals surface area contributed by atoms with Crippen molar-refractivity contribution in [3.05, 3.63) is 68.0 Å². The third-order valence-electron chi connectivity index (χ3n) is 3.64. The van der Waals surface area contributed by atoms with E-state index in [1.54, 1.807) is 0 Å². The van der Waals surface area contributed by atoms with Gasteiger partial charge in [0.15, 0.2) is 0 Å². The van der Waals surface area contributed by atoms with E-state index in [1.165, 1.54) is 23.1 Å². The number of halogens is 2. The fourth-order valence-corrected chi connectivity index (χ4v) is 3.80. The molecule has 1 saturated heterocycles. The Labute approximate surface area is 159 Å². The summed E-state index contributed by atoms with van der Waals surface area (Å²) in [5, 5.41) is 10.1. The van der Waals surface area contributed by atoms with Crippen molar-refractivity contribution in [3.63, 3.8) is 0 Å². The highest BCUT2D eigenvalue weighted by molar-refractivity contribution is 8.18. The molecule has 0 atom stereocenters. The molecule has 0 radical (unpaired) electrons. The Hall–Kier alpha value is -1.95. The zero-order valence-electron chi connectivity index (χ0n) is 13.1. The molecule has 1 N–H and O–H groups in total. The van der Waals surface area contributed by atoms with Crippen molar-refractivity contribution in [3.8, 4) is 5.75 Å². The van der Waals surface area contributed by atoms with Crippen molar-refractivity contribution in [2.45, 2.75) is 13.5 Å². The molecule has 25 heavy (non-hydrogen) atoms. The number of aromatic hydroxyl groups is 1. The van der Waals surface area contributed by atoms with Gasteiger partial charge in [0.05, 0.1) is 16.5 Å². The van der Waals surface area contributed by atoms with Gasteiger partial charge in [-0.2, -0.15) is 0 Å². The minimum absolute atomic E-state index is 0.0812. The van der Waals surface area contributed by atoms with Gasteiger partial charge in [0.1, 0.15) is 5.75 Å². The minimum Gasteiger partial charge on any atom is -0.506 e. The third-order valence-corrected chi connectivity index (χ3v) is 5.05. The van der Waals surface area contributed by atoms with Crippen LogP contribution in [0.4, 0.5) is 4.79 Å². The number of rotatable bonds is 3. The van der Waals surface area contributed by atoms with E-state index in [0.29, 0.717) is 10.6 Å². The van der Waals surface area contributed by atoms with E-state index >= 15 is 0 Å². The van der Waals surface area contributed by atoms with Crippen molar-refractivity contribution in [2.75, 3.05) is 0 Å². The summed E-state index contributed by atoms with van der Waals surface area (Å²) in [7, 11) is 0. The van der Waals surface area contributed by atoms with Crippen molar-refractivity contribution in [1.29, 1.82) is 0 Å². The first-order chi connectivity index (χ1) is 11.8. The van der Waals surface area contributed by atoms with Gasteiger partial charge in [-0.1, -0.05) is 53.0 Å². The van der Waals surface area contributed by atoms with E-state index in [1.807, 2.05) is 31.2 Å². The van der Waals surface area contributed by atoms with Crippen molar-refractivity contribution in [1.82, 2.24) is 4.90 Å². The van der Waals surface area contributed by atoms with Crippen LogP contribution in [0.25, 0.3) is 6.08 Å². The monoisotopic (exact) mass is 393 g/mol. The second kappa shape index (κ2) is 7.12. The second-order valence-corrected chi connectivity index (χ2v) is 7.42. The van der Waals surface area contributed by atoms with Gasteiger partial charge in [-0.05, 0) is 42.5 Å². The van der Waals surface area contributed by atoms with Crippen molar-refractivity contribution in [2.24, 2.45) is 0 Å². The molecule has 3 rings (SSSR count). The van der Waals surface area contributed by atoms with Crippen LogP contribution in [0.2, 0.25) is 10.0 Å². The number of hydrogen-bond acceptors (Lipinski definition) is 4. The second-order valence-electron chi connectivity index (χ2n) is 5.58. The fraction of sp³-hybridized carbons (Fsp3) is 0.111. The first-order valence-corrected chi connectivity index (χ1v) is 8.91. The van der Waals surface area contributed by atoms with Gasteiger partial charge >= 0.3 is 0 Å². The summed E-state index contributed by atoms with van der Waals surface area (Å²) in [5.41, 5.74) is 2.22. The molecule has 1 aliphatic heterocycles. The Balaban J connectivity index is 1.89. The molecular formula is C18H13Cl2NO3S. The van der Waals surface area contributed by atoms with Crippen molar-refractivity contribution < 1.29 is 14.7 Å². The van der Waals surface area contributed by atoms with Gasteiger partial charge in [-0.25, -0.2) is 0 Å². The summed E-state index contributed by atoms with van der Waals surface area (Å²) in [6.07, 6.45) is 1.42. The van der Waals surface area contributed by atoms with Gasteiger partial charge < -0.3 is 5.11 Å². The molecule has 0 spiro atoms. The predicted octanol–water partition coefficient (Wildman–Crippen LogP) is 5.24. The topological polar surface area (TPSA) is 57.6 Å². The number of aryl methyl sites for hydroxylation is 1. The molecule has 0 aromatic heterocycles. The van der Waals surface area contributed by atoms with Crippen LogP contribution in [-0.4, -0.2) is 21.2 Å². The van der Waals surface area contributed by atoms with E-state index in [9.17, 15) is 14.7 Å². The predicted molar refractivity (Wildman–Crippen MR) is 101 cm³/mol. The van der Waals surface area contributed by atoms with Crippen LogP contribution in [0.1, 0.15) is 16.7 Å². The molecule has 1 aliphatic rings. The number of phenols is 1. The average molecular weight is 394 g/mol. The van der Waals surface area contributed by atoms with E-state index in [-0.39, 0.29) is 27.5 Å². The number of carbonyl (C=O) groups is 2. The van der Waals surface area contributed by atoms with Crippen LogP contribution in [0.5, 0.6) is 5.75 Å². The first-order valence-electron chi connectivity index (χ1n) is 7.34. The van der Waals surface area contributed by atoms with Gasteiger partial charge in [-0.15, -0.1) is 0 Å². The van der Waals surface area contributed by atoms with Gasteiger partial charge in [-0.3, -0.25) is 14.5 Å². The third kappa shape index (κ3) is 3.84. The maximum atomic E-state index is 12.6. The molecule has 0 unspecified atom stereocenters. The zero-order chi connectivity index (χ0) is 18.1. The normalized spacial score (nSPS) is 16.1. The summed E-state index contributed by atoms with van der Waals surface area (Å²) in [6.45, 7) is 2.15. The lowest BCUT2D eigenvalue weighted by Crippen LogP contribution is -2.27. The van der Waals surface area contributed by atoms with Crippen molar-refractivity contribution >= 4 is 52.2 Å². The maximum Gasteiger partial charge on any atom is 0.293 e. The fourth-order valence-electron chi connectivity index (χ4n) is 2.47. The van der Waals surface area contributed by atoms with Crippen LogP contribution in [-0.2, 0) is 11.3 Å². The lowest BCUT2D eigenvalue weighted by atomic mass is 10.1. The van der Waals surface area contributed by atoms with E-state index in [0.717, 1.165) is 22.9 Å². The Morgan fingerprint density at radius 1 is 1.20 bits per heavy atom. The Morgan fingerprint density at radius 2 is 1.96 bits per heavy atom. The molecule has 1 fully saturated rings. The molecule has 4 nitrogen and oxygen atoms in total. The van der Waals surface area contributed by atoms with Crippen LogP contribution >= 0.6 is 35.0 Å². The average Bonchev–Trinajstić information content (AvgIpc) is 2.80. The quantitative estimate of drug-likeness (QED) is 0.723. The molecule has 7 heteroatoms. The molecule has 0 aliphatic carbocycles. The Morgan fingerprint density at radius 3 is 2.68 bits per heavy atom. The summed E-state index contributed by atoms with van der Waals surface area (Å²) in [5.74, 6) is -0.594. The molecule has 2 aromatic carbocycles. The molecule has 1 heterocycles. The molecule has 0 saturated carbocycles. The summed E-state index contributed by atoms with van der Waals surface area (Å²) < 4.78 is 0. The summed E-state index contributed by atoms with van der Waals surface area (Å²) >= 11 is 12.6. The number of hydrogen-bond donors (Lipinski definition) is 1. The number of benzene rings is 2. The maximum absolute atomic E-state index is 12.6. The largest absolute Gasteiger partial charge is 0.506 e. The van der Waals surface area contributed by atoms with E-state index in [4.69, 9.17) is 23.2 Å². The van der Waals surface area contributed by atoms with Gasteiger partial charge in [0.25, 0.3) is 11.1 Å². The minimum atomic E-state index is -0.410. The highest BCUT2D eigenvalue weighted by atomic mass is 35.5. The molecule has 2 aromatic rings. The molecule has 0 bridgehead atoms. The summed E-state index contributed by atoms with van der Waals surface area (Å²) in [6, 6.07) is 10.5.